The lowest BCUT2D eigenvalue weighted by Gasteiger charge is -2.05. The van der Waals surface area contributed by atoms with Crippen molar-refractivity contribution >= 4 is 53.9 Å². The molecular formula is C34H32N4O7-2. The minimum absolute atomic E-state index is 0.0434. The van der Waals surface area contributed by atoms with Gasteiger partial charge < -0.3 is 34.8 Å². The van der Waals surface area contributed by atoms with E-state index in [0.29, 0.717) is 72.9 Å². The van der Waals surface area contributed by atoms with Gasteiger partial charge >= 0.3 is 0 Å². The number of rotatable bonds is 13. The van der Waals surface area contributed by atoms with Gasteiger partial charge in [-0.15, -0.1) is 0 Å². The van der Waals surface area contributed by atoms with Crippen molar-refractivity contribution in [3.05, 3.63) is 97.2 Å². The highest BCUT2D eigenvalue weighted by molar-refractivity contribution is 6.31. The zero-order valence-electron chi connectivity index (χ0n) is 25.4. The van der Waals surface area contributed by atoms with Crippen molar-refractivity contribution in [1.29, 1.82) is 0 Å². The molecule has 232 valence electrons. The van der Waals surface area contributed by atoms with Gasteiger partial charge in [0.05, 0.1) is 22.8 Å². The fourth-order valence-electron chi connectivity index (χ4n) is 5.57. The van der Waals surface area contributed by atoms with Gasteiger partial charge in [0, 0.05) is 39.5 Å². The molecule has 4 rings (SSSR count). The SMILES string of the molecule is C=CC1=C(C)C(/C=c2/[nH]/c(=C/c3[nH]c(C(=O)c4[nH]c(C=O)c(C)c4C=C)c(C)c3CCC(=O)[O-])c(CCC(=O)[O-])c2C)=NC1=O. The summed E-state index contributed by atoms with van der Waals surface area (Å²) < 4.78 is 0. The number of H-pyrrole nitrogens is 3. The van der Waals surface area contributed by atoms with Crippen molar-refractivity contribution in [1.82, 2.24) is 15.0 Å². The van der Waals surface area contributed by atoms with E-state index in [1.54, 1.807) is 39.8 Å². The topological polar surface area (TPSA) is 191 Å². The number of allylic oxidation sites excluding steroid dienone is 1. The lowest BCUT2D eigenvalue weighted by Crippen LogP contribution is -2.23. The Morgan fingerprint density at radius 1 is 0.778 bits per heavy atom. The number of hydrogen-bond donors (Lipinski definition) is 3. The highest BCUT2D eigenvalue weighted by Crippen LogP contribution is 2.27. The standard InChI is InChI=1S/C34H34N4O7/c1-7-20-16(3)28(15-39)37-32(20)33(44)31-19(6)23(10-12-30(42)43)27(36-31)14-26-22(9-11-29(40)41)18(5)24(35-26)13-25-17(4)21(8-2)34(45)38-25/h7-8,13-15,35-37H,1-2,9-12H2,3-6H3,(H,40,41)(H,42,43)/p-2/b24-13+,26-14+. The van der Waals surface area contributed by atoms with Crippen molar-refractivity contribution in [3.63, 3.8) is 0 Å². The van der Waals surface area contributed by atoms with Gasteiger partial charge in [-0.25, -0.2) is 4.99 Å². The number of carboxylic acid groups (broad SMARTS) is 2. The van der Waals surface area contributed by atoms with Crippen LogP contribution < -0.4 is 20.9 Å². The van der Waals surface area contributed by atoms with Gasteiger partial charge in [-0.3, -0.25) is 14.4 Å². The first-order valence-electron chi connectivity index (χ1n) is 14.2. The van der Waals surface area contributed by atoms with Crippen LogP contribution in [0.2, 0.25) is 0 Å². The van der Waals surface area contributed by atoms with E-state index in [2.05, 4.69) is 33.1 Å². The zero-order chi connectivity index (χ0) is 33.2. The first kappa shape index (κ1) is 32.3. The molecule has 0 aromatic carbocycles. The van der Waals surface area contributed by atoms with E-state index in [9.17, 15) is 34.2 Å². The average Bonchev–Trinajstić information content (AvgIpc) is 3.66. The van der Waals surface area contributed by atoms with Crippen LogP contribution in [0.5, 0.6) is 0 Å². The molecule has 1 amide bonds. The minimum Gasteiger partial charge on any atom is -0.550 e. The van der Waals surface area contributed by atoms with Crippen molar-refractivity contribution in [2.24, 2.45) is 4.99 Å². The van der Waals surface area contributed by atoms with Crippen LogP contribution in [0.1, 0.15) is 85.5 Å². The van der Waals surface area contributed by atoms with Crippen LogP contribution in [-0.2, 0) is 27.2 Å². The number of amides is 1. The molecule has 0 saturated heterocycles. The number of aromatic nitrogens is 3. The maximum Gasteiger partial charge on any atom is 0.277 e. The molecule has 3 aromatic rings. The number of aromatic amines is 3. The minimum atomic E-state index is -1.27. The molecule has 0 atom stereocenters. The molecule has 0 fully saturated rings. The van der Waals surface area contributed by atoms with Gasteiger partial charge in [-0.05, 0) is 98.9 Å². The molecular weight excluding hydrogens is 576 g/mol. The third kappa shape index (κ3) is 6.23. The number of carboxylic acids is 2. The van der Waals surface area contributed by atoms with Crippen LogP contribution in [0.4, 0.5) is 0 Å². The van der Waals surface area contributed by atoms with Crippen LogP contribution in [0.3, 0.4) is 0 Å². The highest BCUT2D eigenvalue weighted by atomic mass is 16.4. The Morgan fingerprint density at radius 2 is 1.40 bits per heavy atom. The predicted octanol–water partition coefficient (Wildman–Crippen LogP) is 0.741. The van der Waals surface area contributed by atoms with E-state index in [0.717, 1.165) is 0 Å². The van der Waals surface area contributed by atoms with Crippen molar-refractivity contribution in [3.8, 4) is 0 Å². The predicted molar refractivity (Wildman–Crippen MR) is 165 cm³/mol. The molecule has 0 aliphatic carbocycles. The Bertz CT molecular complexity index is 1990. The summed E-state index contributed by atoms with van der Waals surface area (Å²) in [5, 5.41) is 23.9. The Morgan fingerprint density at radius 3 is 1.96 bits per heavy atom. The quantitative estimate of drug-likeness (QED) is 0.188. The van der Waals surface area contributed by atoms with Gasteiger partial charge in [-0.1, -0.05) is 25.3 Å². The third-order valence-corrected chi connectivity index (χ3v) is 8.15. The molecule has 0 bridgehead atoms. The number of carbonyl (C=O) groups excluding carboxylic acids is 5. The number of nitrogens with one attached hydrogen (secondary N) is 3. The Labute approximate surface area is 258 Å². The number of aliphatic imine (C=N–C) groups is 1. The molecule has 3 N–H and O–H groups in total. The van der Waals surface area contributed by atoms with E-state index in [1.807, 2.05) is 0 Å². The molecule has 0 saturated carbocycles. The second kappa shape index (κ2) is 13.0. The Hall–Kier alpha value is -5.58. The Kier molecular flexibility index (Phi) is 9.32. The smallest absolute Gasteiger partial charge is 0.277 e. The maximum absolute atomic E-state index is 13.8. The molecule has 0 radical (unpaired) electrons. The second-order valence-electron chi connectivity index (χ2n) is 10.8. The molecule has 11 nitrogen and oxygen atoms in total. The number of hydrogen-bond acceptors (Lipinski definition) is 7. The maximum atomic E-state index is 13.8. The summed E-state index contributed by atoms with van der Waals surface area (Å²) in [5.74, 6) is -3.36. The molecule has 1 aliphatic heterocycles. The molecule has 3 aromatic heterocycles. The first-order valence-corrected chi connectivity index (χ1v) is 14.2. The van der Waals surface area contributed by atoms with E-state index < -0.39 is 23.6 Å². The number of ketones is 1. The van der Waals surface area contributed by atoms with Crippen molar-refractivity contribution < 1.29 is 34.2 Å². The summed E-state index contributed by atoms with van der Waals surface area (Å²) >= 11 is 0. The van der Waals surface area contributed by atoms with E-state index in [4.69, 9.17) is 0 Å². The van der Waals surface area contributed by atoms with Crippen LogP contribution >= 0.6 is 0 Å². The van der Waals surface area contributed by atoms with E-state index in [1.165, 1.54) is 12.2 Å². The van der Waals surface area contributed by atoms with Crippen LogP contribution in [0.15, 0.2) is 35.4 Å². The highest BCUT2D eigenvalue weighted by Gasteiger charge is 2.25. The third-order valence-electron chi connectivity index (χ3n) is 8.15. The van der Waals surface area contributed by atoms with E-state index in [-0.39, 0.29) is 42.8 Å². The molecule has 0 unspecified atom stereocenters. The van der Waals surface area contributed by atoms with Crippen LogP contribution in [0.25, 0.3) is 18.2 Å². The largest absolute Gasteiger partial charge is 0.550 e. The lowest BCUT2D eigenvalue weighted by atomic mass is 10.00. The molecule has 45 heavy (non-hydrogen) atoms. The summed E-state index contributed by atoms with van der Waals surface area (Å²) in [6.45, 7) is 14.4. The summed E-state index contributed by atoms with van der Waals surface area (Å²) in [5.41, 5.74) is 5.93. The van der Waals surface area contributed by atoms with Gasteiger partial charge in [-0.2, -0.15) is 0 Å². The van der Waals surface area contributed by atoms with Gasteiger partial charge in [0.15, 0.2) is 6.29 Å². The van der Waals surface area contributed by atoms with Crippen molar-refractivity contribution in [2.75, 3.05) is 0 Å². The fourth-order valence-corrected chi connectivity index (χ4v) is 5.57. The van der Waals surface area contributed by atoms with E-state index >= 15 is 0 Å². The first-order chi connectivity index (χ1) is 21.3. The average molecular weight is 609 g/mol. The molecule has 4 heterocycles. The molecule has 11 heteroatoms. The normalized spacial score (nSPS) is 13.9. The lowest BCUT2D eigenvalue weighted by molar-refractivity contribution is -0.307. The van der Waals surface area contributed by atoms with Gasteiger partial charge in [0.1, 0.15) is 0 Å². The van der Waals surface area contributed by atoms with Gasteiger partial charge in [0.25, 0.3) is 5.91 Å². The number of nitrogens with zero attached hydrogens (tertiary/aromatic N) is 1. The van der Waals surface area contributed by atoms with Crippen LogP contribution in [-0.4, -0.2) is 50.6 Å². The Balaban J connectivity index is 1.95. The second-order valence-corrected chi connectivity index (χ2v) is 10.8. The summed E-state index contributed by atoms with van der Waals surface area (Å²) in [6.07, 6.45) is 6.50. The zero-order valence-corrected chi connectivity index (χ0v) is 25.4. The van der Waals surface area contributed by atoms with Crippen molar-refractivity contribution in [2.45, 2.75) is 53.4 Å². The molecule has 0 spiro atoms. The monoisotopic (exact) mass is 608 g/mol. The fraction of sp³-hybridized carbons (Fsp3) is 0.235. The van der Waals surface area contributed by atoms with Gasteiger partial charge in [0.2, 0.25) is 5.78 Å². The number of carbonyl (C=O) groups is 5. The molecule has 1 aliphatic rings. The number of aliphatic carboxylic acids is 2. The summed E-state index contributed by atoms with van der Waals surface area (Å²) in [4.78, 5) is 73.8. The van der Waals surface area contributed by atoms with Crippen LogP contribution in [0, 0.1) is 20.8 Å². The summed E-state index contributed by atoms with van der Waals surface area (Å²) in [7, 11) is 0. The number of aldehydes is 1. The summed E-state index contributed by atoms with van der Waals surface area (Å²) in [6, 6.07) is 0.